The van der Waals surface area contributed by atoms with E-state index in [9.17, 15) is 8.42 Å². The lowest BCUT2D eigenvalue weighted by Crippen LogP contribution is -2.44. The van der Waals surface area contributed by atoms with Crippen LogP contribution in [-0.4, -0.2) is 32.1 Å². The molecule has 1 heterocycles. The molecule has 0 aromatic carbocycles. The van der Waals surface area contributed by atoms with Gasteiger partial charge in [-0.15, -0.1) is 0 Å². The molecule has 1 aliphatic heterocycles. The summed E-state index contributed by atoms with van der Waals surface area (Å²) in [5.41, 5.74) is 0. The molecule has 1 saturated heterocycles. The third-order valence-corrected chi connectivity index (χ3v) is 2.97. The third-order valence-electron chi connectivity index (χ3n) is 1.14. The van der Waals surface area contributed by atoms with Gasteiger partial charge >= 0.3 is 0 Å². The molecule has 0 aromatic rings. The standard InChI is InChI=1S/C3H7NO2S/c1-4-2-3-7(4,5)6/h2-3H2,1H3. The van der Waals surface area contributed by atoms with Crippen LogP contribution in [0.15, 0.2) is 0 Å². The number of hydrogen-bond acceptors (Lipinski definition) is 2. The Morgan fingerprint density at radius 3 is 2.00 bits per heavy atom. The van der Waals surface area contributed by atoms with Crippen LogP contribution < -0.4 is 0 Å². The van der Waals surface area contributed by atoms with Crippen molar-refractivity contribution in [2.24, 2.45) is 0 Å². The first-order valence-electron chi connectivity index (χ1n) is 2.07. The summed E-state index contributed by atoms with van der Waals surface area (Å²) in [7, 11) is -1.14. The highest BCUT2D eigenvalue weighted by Gasteiger charge is 2.27. The minimum Gasteiger partial charge on any atom is -0.212 e. The van der Waals surface area contributed by atoms with E-state index in [0.29, 0.717) is 12.3 Å². The van der Waals surface area contributed by atoms with Crippen molar-refractivity contribution < 1.29 is 8.42 Å². The van der Waals surface area contributed by atoms with Crippen molar-refractivity contribution in [2.75, 3.05) is 19.3 Å². The number of hydrogen-bond donors (Lipinski definition) is 0. The van der Waals surface area contributed by atoms with E-state index in [1.807, 2.05) is 0 Å². The molecular formula is C3H7NO2S. The fourth-order valence-corrected chi connectivity index (χ4v) is 1.27. The fraction of sp³-hybridized carbons (Fsp3) is 1.00. The lowest BCUT2D eigenvalue weighted by atomic mass is 10.7. The van der Waals surface area contributed by atoms with Gasteiger partial charge in [-0.3, -0.25) is 0 Å². The summed E-state index contributed by atoms with van der Waals surface area (Å²) in [6, 6.07) is 0. The van der Waals surface area contributed by atoms with Crippen LogP contribution in [0.25, 0.3) is 0 Å². The molecule has 1 aliphatic rings. The Bertz CT molecular complexity index is 160. The van der Waals surface area contributed by atoms with E-state index in [1.165, 1.54) is 4.31 Å². The van der Waals surface area contributed by atoms with Crippen LogP contribution in [-0.2, 0) is 10.0 Å². The number of sulfonamides is 1. The van der Waals surface area contributed by atoms with Crippen LogP contribution in [0.2, 0.25) is 0 Å². The summed E-state index contributed by atoms with van der Waals surface area (Å²) in [6.45, 7) is 0.697. The fourth-order valence-electron chi connectivity index (χ4n) is 0.423. The SMILES string of the molecule is CN1CCS1(=O)=O. The highest BCUT2D eigenvalue weighted by Crippen LogP contribution is 2.07. The molecule has 3 nitrogen and oxygen atoms in total. The smallest absolute Gasteiger partial charge is 0.212 e. The maximum atomic E-state index is 10.3. The lowest BCUT2D eigenvalue weighted by Gasteiger charge is -2.25. The van der Waals surface area contributed by atoms with E-state index in [1.54, 1.807) is 7.05 Å². The highest BCUT2D eigenvalue weighted by atomic mass is 32.2. The van der Waals surface area contributed by atoms with Crippen LogP contribution in [0, 0.1) is 0 Å². The summed E-state index contributed by atoms with van der Waals surface area (Å²) in [4.78, 5) is 0. The average molecular weight is 121 g/mol. The first-order chi connectivity index (χ1) is 3.13. The van der Waals surface area contributed by atoms with Gasteiger partial charge in [-0.1, -0.05) is 0 Å². The van der Waals surface area contributed by atoms with Gasteiger partial charge in [0, 0.05) is 13.6 Å². The van der Waals surface area contributed by atoms with E-state index in [-0.39, 0.29) is 0 Å². The van der Waals surface area contributed by atoms with Gasteiger partial charge in [0.2, 0.25) is 10.0 Å². The predicted molar refractivity (Wildman–Crippen MR) is 26.4 cm³/mol. The maximum Gasteiger partial charge on any atom is 0.215 e. The summed E-state index contributed by atoms with van der Waals surface area (Å²) in [5, 5.41) is 0. The summed E-state index contributed by atoms with van der Waals surface area (Å²) < 4.78 is 22.0. The molecule has 0 atom stereocenters. The molecule has 0 saturated carbocycles. The van der Waals surface area contributed by atoms with Gasteiger partial charge in [-0.05, 0) is 0 Å². The van der Waals surface area contributed by atoms with Crippen LogP contribution in [0.5, 0.6) is 0 Å². The van der Waals surface area contributed by atoms with Crippen LogP contribution in [0.3, 0.4) is 0 Å². The monoisotopic (exact) mass is 121 g/mol. The van der Waals surface area contributed by atoms with Crippen molar-refractivity contribution in [1.82, 2.24) is 4.31 Å². The molecule has 1 rings (SSSR count). The van der Waals surface area contributed by atoms with E-state index in [4.69, 9.17) is 0 Å². The topological polar surface area (TPSA) is 37.4 Å². The van der Waals surface area contributed by atoms with Gasteiger partial charge in [-0.25, -0.2) is 12.7 Å². The molecule has 0 bridgehead atoms. The Kier molecular flexibility index (Phi) is 0.864. The molecule has 1 fully saturated rings. The zero-order valence-corrected chi connectivity index (χ0v) is 4.90. The largest absolute Gasteiger partial charge is 0.215 e. The Hall–Kier alpha value is -0.0900. The Morgan fingerprint density at radius 2 is 2.00 bits per heavy atom. The van der Waals surface area contributed by atoms with E-state index in [2.05, 4.69) is 0 Å². The van der Waals surface area contributed by atoms with Crippen LogP contribution >= 0.6 is 0 Å². The van der Waals surface area contributed by atoms with E-state index >= 15 is 0 Å². The molecule has 0 amide bonds. The second-order valence-corrected chi connectivity index (χ2v) is 3.83. The zero-order valence-electron chi connectivity index (χ0n) is 4.09. The molecule has 42 valence electrons. The van der Waals surface area contributed by atoms with E-state index in [0.717, 1.165) is 0 Å². The second-order valence-electron chi connectivity index (χ2n) is 1.64. The summed E-state index contributed by atoms with van der Waals surface area (Å²) in [5.74, 6) is 0.337. The minimum atomic E-state index is -2.73. The Labute approximate surface area is 43.0 Å². The van der Waals surface area contributed by atoms with Crippen molar-refractivity contribution in [3.63, 3.8) is 0 Å². The van der Waals surface area contributed by atoms with Crippen molar-refractivity contribution in [1.29, 1.82) is 0 Å². The van der Waals surface area contributed by atoms with Gasteiger partial charge in [-0.2, -0.15) is 0 Å². The number of rotatable bonds is 0. The Balaban J connectivity index is 2.79. The first-order valence-corrected chi connectivity index (χ1v) is 3.68. The summed E-state index contributed by atoms with van der Waals surface area (Å²) >= 11 is 0. The van der Waals surface area contributed by atoms with Gasteiger partial charge in [0.15, 0.2) is 0 Å². The highest BCUT2D eigenvalue weighted by molar-refractivity contribution is 7.90. The number of nitrogens with zero attached hydrogens (tertiary/aromatic N) is 1. The first kappa shape index (κ1) is 5.05. The van der Waals surface area contributed by atoms with Gasteiger partial charge < -0.3 is 0 Å². The van der Waals surface area contributed by atoms with Crippen molar-refractivity contribution >= 4 is 10.0 Å². The molecule has 4 heteroatoms. The second kappa shape index (κ2) is 1.20. The average Bonchev–Trinajstić information content (AvgIpc) is 1.63. The van der Waals surface area contributed by atoms with Crippen molar-refractivity contribution in [3.05, 3.63) is 0 Å². The lowest BCUT2D eigenvalue weighted by molar-refractivity contribution is 0.439. The van der Waals surface area contributed by atoms with E-state index < -0.39 is 10.0 Å². The predicted octanol–water partition coefficient (Wildman–Crippen LogP) is -0.738. The molecule has 0 unspecified atom stereocenters. The molecule has 0 aromatic heterocycles. The molecule has 0 spiro atoms. The van der Waals surface area contributed by atoms with Crippen LogP contribution in [0.4, 0.5) is 0 Å². The molecule has 0 aliphatic carbocycles. The molecule has 0 N–H and O–H groups in total. The minimum absolute atomic E-state index is 0.337. The van der Waals surface area contributed by atoms with Crippen molar-refractivity contribution in [2.45, 2.75) is 0 Å². The molecule has 0 radical (unpaired) electrons. The molecular weight excluding hydrogens is 114 g/mol. The van der Waals surface area contributed by atoms with Gasteiger partial charge in [0.05, 0.1) is 5.75 Å². The summed E-state index contributed by atoms with van der Waals surface area (Å²) in [6.07, 6.45) is 0. The Morgan fingerprint density at radius 1 is 1.57 bits per heavy atom. The van der Waals surface area contributed by atoms with Gasteiger partial charge in [0.1, 0.15) is 0 Å². The molecule has 7 heavy (non-hydrogen) atoms. The van der Waals surface area contributed by atoms with Crippen LogP contribution in [0.1, 0.15) is 0 Å². The third kappa shape index (κ3) is 0.637. The zero-order chi connectivity index (χ0) is 5.49. The quantitative estimate of drug-likeness (QED) is 0.423. The van der Waals surface area contributed by atoms with Crippen molar-refractivity contribution in [3.8, 4) is 0 Å². The normalized spacial score (nSPS) is 29.3. The van der Waals surface area contributed by atoms with Gasteiger partial charge in [0.25, 0.3) is 0 Å². The maximum absolute atomic E-state index is 10.3.